The Balaban J connectivity index is 1.25. The van der Waals surface area contributed by atoms with Gasteiger partial charge < -0.3 is 20.1 Å². The monoisotopic (exact) mass is 589 g/mol. The molecule has 8 rings (SSSR count). The van der Waals surface area contributed by atoms with Crippen molar-refractivity contribution >= 4 is 27.5 Å². The van der Waals surface area contributed by atoms with E-state index in [4.69, 9.17) is 9.72 Å². The van der Waals surface area contributed by atoms with E-state index in [1.165, 1.54) is 18.2 Å². The number of nitrogens with one attached hydrogen (secondary N) is 1. The Bertz CT molecular complexity index is 1740. The van der Waals surface area contributed by atoms with Crippen molar-refractivity contribution in [2.24, 2.45) is 0 Å². The first kappa shape index (κ1) is 27.0. The quantitative estimate of drug-likeness (QED) is 0.309. The SMILES string of the molecule is Oc1cc(-c2ccc3c(N4CC[C@H]5CC[C@@H](C4)N5)nc(OCC45CCCN4C[C@H](F)C5)nc3c2F)c2c(F)cccc2c1. The van der Waals surface area contributed by atoms with Gasteiger partial charge in [-0.15, -0.1) is 0 Å². The highest BCUT2D eigenvalue weighted by molar-refractivity contribution is 6.01. The topological polar surface area (TPSA) is 73.8 Å². The van der Waals surface area contributed by atoms with Gasteiger partial charge in [-0.1, -0.05) is 18.2 Å². The van der Waals surface area contributed by atoms with E-state index in [0.717, 1.165) is 51.7 Å². The van der Waals surface area contributed by atoms with Gasteiger partial charge in [-0.25, -0.2) is 13.2 Å². The van der Waals surface area contributed by atoms with Gasteiger partial charge in [0.15, 0.2) is 5.82 Å². The second-order valence-corrected chi connectivity index (χ2v) is 12.7. The summed E-state index contributed by atoms with van der Waals surface area (Å²) in [4.78, 5) is 13.8. The van der Waals surface area contributed by atoms with Crippen LogP contribution in [0.5, 0.6) is 11.8 Å². The van der Waals surface area contributed by atoms with Crippen LogP contribution < -0.4 is 15.0 Å². The predicted octanol–water partition coefficient (Wildman–Crippen LogP) is 5.72. The van der Waals surface area contributed by atoms with Crippen LogP contribution >= 0.6 is 0 Å². The normalized spacial score (nSPS) is 27.2. The van der Waals surface area contributed by atoms with E-state index in [1.54, 1.807) is 24.3 Å². The molecule has 2 N–H and O–H groups in total. The molecule has 224 valence electrons. The first-order chi connectivity index (χ1) is 20.9. The molecule has 1 unspecified atom stereocenters. The smallest absolute Gasteiger partial charge is 0.319 e. The Hall–Kier alpha value is -3.63. The van der Waals surface area contributed by atoms with E-state index in [2.05, 4.69) is 20.1 Å². The lowest BCUT2D eigenvalue weighted by Gasteiger charge is -2.31. The lowest BCUT2D eigenvalue weighted by Crippen LogP contribution is -2.43. The van der Waals surface area contributed by atoms with Crippen LogP contribution in [0.25, 0.3) is 32.8 Å². The zero-order valence-corrected chi connectivity index (χ0v) is 23.8. The number of hydrogen-bond acceptors (Lipinski definition) is 7. The van der Waals surface area contributed by atoms with Crippen molar-refractivity contribution in [2.75, 3.05) is 37.7 Å². The fourth-order valence-corrected chi connectivity index (χ4v) is 8.00. The highest BCUT2D eigenvalue weighted by atomic mass is 19.1. The van der Waals surface area contributed by atoms with Crippen LogP contribution in [0.15, 0.2) is 42.5 Å². The van der Waals surface area contributed by atoms with E-state index >= 15 is 8.78 Å². The summed E-state index contributed by atoms with van der Waals surface area (Å²) in [5, 5.41) is 15.4. The summed E-state index contributed by atoms with van der Waals surface area (Å²) in [7, 11) is 0. The summed E-state index contributed by atoms with van der Waals surface area (Å²) in [6, 6.07) is 11.6. The zero-order valence-electron chi connectivity index (χ0n) is 23.8. The number of alkyl halides is 1. The van der Waals surface area contributed by atoms with Crippen LogP contribution in [0.2, 0.25) is 0 Å². The molecular formula is C33H34F3N5O2. The molecule has 5 heterocycles. The highest BCUT2D eigenvalue weighted by Gasteiger charge is 2.49. The number of anilines is 1. The third-order valence-electron chi connectivity index (χ3n) is 10.0. The van der Waals surface area contributed by atoms with Gasteiger partial charge in [0.1, 0.15) is 35.7 Å². The molecule has 43 heavy (non-hydrogen) atoms. The molecule has 4 aliphatic rings. The van der Waals surface area contributed by atoms with Crippen molar-refractivity contribution in [1.29, 1.82) is 0 Å². The third kappa shape index (κ3) is 4.57. The number of rotatable bonds is 5. The lowest BCUT2D eigenvalue weighted by molar-refractivity contribution is 0.107. The van der Waals surface area contributed by atoms with E-state index < -0.39 is 23.3 Å². The second kappa shape index (κ2) is 10.2. The summed E-state index contributed by atoms with van der Waals surface area (Å²) in [6.45, 7) is 2.96. The molecule has 3 aromatic carbocycles. The van der Waals surface area contributed by atoms with E-state index in [1.807, 2.05) is 0 Å². The van der Waals surface area contributed by atoms with E-state index in [9.17, 15) is 9.50 Å². The van der Waals surface area contributed by atoms with E-state index in [-0.39, 0.29) is 40.4 Å². The van der Waals surface area contributed by atoms with Crippen LogP contribution in [0.3, 0.4) is 0 Å². The number of hydrogen-bond donors (Lipinski definition) is 2. The Morgan fingerprint density at radius 2 is 1.88 bits per heavy atom. The van der Waals surface area contributed by atoms with Crippen molar-refractivity contribution in [1.82, 2.24) is 20.2 Å². The molecule has 1 aromatic heterocycles. The molecule has 4 saturated heterocycles. The minimum atomic E-state index is -0.894. The fraction of sp³-hybridized carbons (Fsp3) is 0.455. The van der Waals surface area contributed by atoms with Crippen molar-refractivity contribution in [2.45, 2.75) is 62.3 Å². The van der Waals surface area contributed by atoms with Crippen molar-refractivity contribution in [3.63, 3.8) is 0 Å². The van der Waals surface area contributed by atoms with Crippen LogP contribution in [-0.4, -0.2) is 76.6 Å². The maximum atomic E-state index is 16.7. The Kier molecular flexibility index (Phi) is 6.41. The number of ether oxygens (including phenoxy) is 1. The number of benzene rings is 3. The molecular weight excluding hydrogens is 555 g/mol. The van der Waals surface area contributed by atoms with Crippen LogP contribution in [-0.2, 0) is 0 Å². The zero-order chi connectivity index (χ0) is 29.3. The number of aromatic hydroxyl groups is 1. The lowest BCUT2D eigenvalue weighted by atomic mass is 9.95. The maximum Gasteiger partial charge on any atom is 0.319 e. The van der Waals surface area contributed by atoms with E-state index in [0.29, 0.717) is 41.6 Å². The number of aromatic nitrogens is 2. The molecule has 2 bridgehead atoms. The molecule has 4 aromatic rings. The highest BCUT2D eigenvalue weighted by Crippen LogP contribution is 2.42. The summed E-state index contributed by atoms with van der Waals surface area (Å²) in [5.41, 5.74) is 0.0412. The van der Waals surface area contributed by atoms with Crippen LogP contribution in [0.4, 0.5) is 19.0 Å². The number of fused-ring (bicyclic) bond motifs is 5. The minimum absolute atomic E-state index is 0.0522. The first-order valence-corrected chi connectivity index (χ1v) is 15.3. The maximum absolute atomic E-state index is 16.7. The number of phenols is 1. The van der Waals surface area contributed by atoms with Crippen LogP contribution in [0.1, 0.15) is 38.5 Å². The fourth-order valence-electron chi connectivity index (χ4n) is 8.00. The average Bonchev–Trinajstić information content (AvgIpc) is 3.62. The molecule has 4 aliphatic heterocycles. The van der Waals surface area contributed by atoms with Gasteiger partial charge in [-0.05, 0) is 73.9 Å². The number of phenolic OH excluding ortho intramolecular Hbond substituents is 1. The van der Waals surface area contributed by atoms with Crippen molar-refractivity contribution < 1.29 is 23.0 Å². The molecule has 4 fully saturated rings. The minimum Gasteiger partial charge on any atom is -0.508 e. The number of nitrogens with zero attached hydrogens (tertiary/aromatic N) is 4. The molecule has 0 radical (unpaired) electrons. The molecule has 10 heteroatoms. The van der Waals surface area contributed by atoms with Gasteiger partial charge in [-0.2, -0.15) is 9.97 Å². The van der Waals surface area contributed by atoms with Crippen LogP contribution in [0, 0.1) is 11.6 Å². The van der Waals surface area contributed by atoms with Gasteiger partial charge in [-0.3, -0.25) is 4.90 Å². The van der Waals surface area contributed by atoms with Gasteiger partial charge in [0, 0.05) is 54.5 Å². The summed E-state index contributed by atoms with van der Waals surface area (Å²) < 4.78 is 52.4. The summed E-state index contributed by atoms with van der Waals surface area (Å²) in [6.07, 6.45) is 4.50. The van der Waals surface area contributed by atoms with Gasteiger partial charge in [0.2, 0.25) is 0 Å². The Morgan fingerprint density at radius 3 is 2.79 bits per heavy atom. The van der Waals surface area contributed by atoms with Gasteiger partial charge in [0.05, 0.1) is 5.54 Å². The molecule has 7 nitrogen and oxygen atoms in total. The van der Waals surface area contributed by atoms with Crippen molar-refractivity contribution in [3.05, 3.63) is 54.1 Å². The summed E-state index contributed by atoms with van der Waals surface area (Å²) in [5.74, 6) is -0.631. The predicted molar refractivity (Wildman–Crippen MR) is 159 cm³/mol. The first-order valence-electron chi connectivity index (χ1n) is 15.3. The molecule has 0 aliphatic carbocycles. The molecule has 4 atom stereocenters. The Morgan fingerprint density at radius 1 is 1.00 bits per heavy atom. The molecule has 0 saturated carbocycles. The Labute approximate surface area is 247 Å². The second-order valence-electron chi connectivity index (χ2n) is 12.7. The number of halogens is 3. The standard InChI is InChI=1S/C33H34F3N5O2/c34-20-15-33(10-2-11-41(33)16-20)18-43-32-38-30-25(31(39-32)40-12-9-21-5-6-22(17-40)37-21)8-7-24(29(30)36)26-14-23(42)13-19-3-1-4-27(35)28(19)26/h1,3-4,7-8,13-14,20-22,37,42H,2,5-6,9-12,15-18H2/t20-,21-,22+,33?/m1/s1. The van der Waals surface area contributed by atoms with Gasteiger partial charge >= 0.3 is 6.01 Å². The average molecular weight is 590 g/mol. The molecule has 0 spiro atoms. The third-order valence-corrected chi connectivity index (χ3v) is 10.0. The largest absolute Gasteiger partial charge is 0.508 e. The summed E-state index contributed by atoms with van der Waals surface area (Å²) >= 11 is 0. The van der Waals surface area contributed by atoms with Gasteiger partial charge in [0.25, 0.3) is 0 Å². The molecule has 0 amide bonds. The van der Waals surface area contributed by atoms with Crippen molar-refractivity contribution in [3.8, 4) is 22.9 Å².